The van der Waals surface area contributed by atoms with E-state index in [1.807, 2.05) is 44.2 Å². The number of sulfonamides is 1. The van der Waals surface area contributed by atoms with E-state index in [0.717, 1.165) is 5.56 Å². The normalized spacial score (nSPS) is 20.1. The Labute approximate surface area is 195 Å². The molecule has 2 aromatic rings. The summed E-state index contributed by atoms with van der Waals surface area (Å²) in [5.41, 5.74) is 1.13. The van der Waals surface area contributed by atoms with Crippen molar-refractivity contribution in [3.05, 3.63) is 65.7 Å². The van der Waals surface area contributed by atoms with Crippen LogP contribution in [0.2, 0.25) is 0 Å². The number of hydrogen-bond acceptors (Lipinski definition) is 6. The van der Waals surface area contributed by atoms with E-state index in [1.54, 1.807) is 7.05 Å². The van der Waals surface area contributed by atoms with Crippen LogP contribution >= 0.6 is 0 Å². The molecule has 1 aliphatic rings. The lowest BCUT2D eigenvalue weighted by atomic mass is 10.2. The lowest BCUT2D eigenvalue weighted by Gasteiger charge is -2.34. The second-order valence-electron chi connectivity index (χ2n) is 8.33. The molecule has 8 nitrogen and oxygen atoms in total. The van der Waals surface area contributed by atoms with E-state index in [4.69, 9.17) is 9.47 Å². The molecule has 178 valence electrons. The molecule has 3 unspecified atom stereocenters. The molecule has 3 atom stereocenters. The number of rotatable bonds is 7. The van der Waals surface area contributed by atoms with Crippen molar-refractivity contribution in [2.45, 2.75) is 50.5 Å². The summed E-state index contributed by atoms with van der Waals surface area (Å²) in [5.74, 6) is -1.02. The van der Waals surface area contributed by atoms with Gasteiger partial charge in [-0.1, -0.05) is 30.3 Å². The van der Waals surface area contributed by atoms with Gasteiger partial charge in [0.2, 0.25) is 10.0 Å². The molecule has 0 saturated carbocycles. The molecule has 0 bridgehead atoms. The molecule has 1 amide bonds. The molecule has 0 N–H and O–H groups in total. The lowest BCUT2D eigenvalue weighted by molar-refractivity contribution is -0.139. The topological polar surface area (TPSA) is 93.2 Å². The van der Waals surface area contributed by atoms with Gasteiger partial charge in [-0.05, 0) is 50.6 Å². The Kier molecular flexibility index (Phi) is 7.88. The number of ether oxygens (including phenoxy) is 2. The first kappa shape index (κ1) is 24.9. The van der Waals surface area contributed by atoms with Gasteiger partial charge >= 0.3 is 5.97 Å². The Balaban J connectivity index is 1.62. The Morgan fingerprint density at radius 1 is 1.06 bits per heavy atom. The van der Waals surface area contributed by atoms with Crippen LogP contribution in [0.25, 0.3) is 0 Å². The third-order valence-electron chi connectivity index (χ3n) is 5.38. The first-order valence-corrected chi connectivity index (χ1v) is 12.3. The average Bonchev–Trinajstić information content (AvgIpc) is 2.78. The molecule has 0 aliphatic carbocycles. The van der Waals surface area contributed by atoms with Gasteiger partial charge in [-0.3, -0.25) is 4.79 Å². The molecule has 2 aromatic carbocycles. The number of likely N-dealkylation sites (N-methyl/N-ethyl adjacent to an activating group) is 1. The second kappa shape index (κ2) is 10.5. The molecular formula is C24H30N2O6S. The van der Waals surface area contributed by atoms with Crippen LogP contribution in [0.15, 0.2) is 59.5 Å². The zero-order valence-electron chi connectivity index (χ0n) is 19.3. The predicted octanol–water partition coefficient (Wildman–Crippen LogP) is 2.69. The van der Waals surface area contributed by atoms with Crippen molar-refractivity contribution in [2.75, 3.05) is 20.1 Å². The van der Waals surface area contributed by atoms with Crippen molar-refractivity contribution in [1.29, 1.82) is 0 Å². The molecule has 33 heavy (non-hydrogen) atoms. The van der Waals surface area contributed by atoms with Crippen LogP contribution in [0.3, 0.4) is 0 Å². The maximum Gasteiger partial charge on any atom is 0.338 e. The molecule has 3 rings (SSSR count). The third kappa shape index (κ3) is 6.19. The largest absolute Gasteiger partial charge is 0.449 e. The molecular weight excluding hydrogens is 444 g/mol. The first-order chi connectivity index (χ1) is 15.6. The highest BCUT2D eigenvalue weighted by molar-refractivity contribution is 7.89. The summed E-state index contributed by atoms with van der Waals surface area (Å²) in [7, 11) is -2.06. The summed E-state index contributed by atoms with van der Waals surface area (Å²) in [6.07, 6.45) is -1.38. The van der Waals surface area contributed by atoms with Gasteiger partial charge in [0.15, 0.2) is 6.10 Å². The minimum Gasteiger partial charge on any atom is -0.449 e. The van der Waals surface area contributed by atoms with Crippen molar-refractivity contribution >= 4 is 21.9 Å². The van der Waals surface area contributed by atoms with Gasteiger partial charge in [0.05, 0.1) is 22.7 Å². The SMILES string of the molecule is CC1CN(S(=O)(=O)c2ccc(C(=O)OC(C)C(=O)N(C)Cc3ccccc3)cc2)CC(C)O1. The summed E-state index contributed by atoms with van der Waals surface area (Å²) in [6, 6.07) is 15.1. The van der Waals surface area contributed by atoms with Crippen LogP contribution in [0, 0.1) is 0 Å². The van der Waals surface area contributed by atoms with Crippen LogP contribution in [0.5, 0.6) is 0 Å². The number of amides is 1. The number of nitrogens with zero attached hydrogens (tertiary/aromatic N) is 2. The standard InChI is InChI=1S/C24H30N2O6S/c1-17-14-26(15-18(2)31-17)33(29,30)22-12-10-21(11-13-22)24(28)32-19(3)23(27)25(4)16-20-8-6-5-7-9-20/h5-13,17-19H,14-16H2,1-4H3. The highest BCUT2D eigenvalue weighted by Crippen LogP contribution is 2.22. The average molecular weight is 475 g/mol. The first-order valence-electron chi connectivity index (χ1n) is 10.8. The zero-order chi connectivity index (χ0) is 24.2. The lowest BCUT2D eigenvalue weighted by Crippen LogP contribution is -2.48. The van der Waals surface area contributed by atoms with Gasteiger partial charge < -0.3 is 14.4 Å². The minimum absolute atomic E-state index is 0.0899. The smallest absolute Gasteiger partial charge is 0.338 e. The summed E-state index contributed by atoms with van der Waals surface area (Å²) in [5, 5.41) is 0. The van der Waals surface area contributed by atoms with Crippen LogP contribution in [-0.4, -0.2) is 67.9 Å². The quantitative estimate of drug-likeness (QED) is 0.573. The maximum atomic E-state index is 13.0. The van der Waals surface area contributed by atoms with Gasteiger partial charge in [0.1, 0.15) is 0 Å². The maximum absolute atomic E-state index is 13.0. The van der Waals surface area contributed by atoms with E-state index in [9.17, 15) is 18.0 Å². The molecule has 0 aromatic heterocycles. The molecule has 1 fully saturated rings. The summed E-state index contributed by atoms with van der Waals surface area (Å²) < 4.78 is 38.2. The van der Waals surface area contributed by atoms with E-state index in [1.165, 1.54) is 40.4 Å². The number of carbonyl (C=O) groups is 2. The van der Waals surface area contributed by atoms with Crippen molar-refractivity contribution < 1.29 is 27.5 Å². The van der Waals surface area contributed by atoms with Crippen molar-refractivity contribution in [3.8, 4) is 0 Å². The molecule has 0 spiro atoms. The van der Waals surface area contributed by atoms with Crippen LogP contribution in [0.1, 0.15) is 36.7 Å². The minimum atomic E-state index is -3.71. The summed E-state index contributed by atoms with van der Waals surface area (Å²) in [4.78, 5) is 26.7. The van der Waals surface area contributed by atoms with Gasteiger partial charge in [-0.15, -0.1) is 0 Å². The number of carbonyl (C=O) groups excluding carboxylic acids is 2. The predicted molar refractivity (Wildman–Crippen MR) is 123 cm³/mol. The Morgan fingerprint density at radius 2 is 1.64 bits per heavy atom. The van der Waals surface area contributed by atoms with Gasteiger partial charge in [0.25, 0.3) is 5.91 Å². The summed E-state index contributed by atoms with van der Waals surface area (Å²) in [6.45, 7) is 6.11. The van der Waals surface area contributed by atoms with E-state index < -0.39 is 22.1 Å². The number of morpholine rings is 1. The van der Waals surface area contributed by atoms with E-state index >= 15 is 0 Å². The molecule has 9 heteroatoms. The van der Waals surface area contributed by atoms with Gasteiger partial charge in [-0.2, -0.15) is 4.31 Å². The monoisotopic (exact) mass is 474 g/mol. The van der Waals surface area contributed by atoms with Crippen LogP contribution in [-0.2, 0) is 30.8 Å². The number of benzene rings is 2. The molecule has 1 saturated heterocycles. The Hall–Kier alpha value is -2.75. The second-order valence-corrected chi connectivity index (χ2v) is 10.3. The van der Waals surface area contributed by atoms with Crippen LogP contribution < -0.4 is 0 Å². The fraction of sp³-hybridized carbons (Fsp3) is 0.417. The van der Waals surface area contributed by atoms with Crippen molar-refractivity contribution in [2.24, 2.45) is 0 Å². The number of hydrogen-bond donors (Lipinski definition) is 0. The fourth-order valence-electron chi connectivity index (χ4n) is 3.76. The third-order valence-corrected chi connectivity index (χ3v) is 7.23. The zero-order valence-corrected chi connectivity index (χ0v) is 20.1. The Morgan fingerprint density at radius 3 is 2.21 bits per heavy atom. The molecule has 1 aliphatic heterocycles. The number of esters is 1. The van der Waals surface area contributed by atoms with Crippen molar-refractivity contribution in [3.63, 3.8) is 0 Å². The molecule has 0 radical (unpaired) electrons. The van der Waals surface area contributed by atoms with Gasteiger partial charge in [-0.25, -0.2) is 13.2 Å². The highest BCUT2D eigenvalue weighted by atomic mass is 32.2. The van der Waals surface area contributed by atoms with E-state index in [0.29, 0.717) is 6.54 Å². The van der Waals surface area contributed by atoms with Gasteiger partial charge in [0, 0.05) is 26.7 Å². The highest BCUT2D eigenvalue weighted by Gasteiger charge is 2.32. The van der Waals surface area contributed by atoms with E-state index in [2.05, 4.69) is 0 Å². The van der Waals surface area contributed by atoms with Crippen LogP contribution in [0.4, 0.5) is 0 Å². The Bertz CT molecular complexity index is 1060. The fourth-order valence-corrected chi connectivity index (χ4v) is 5.35. The molecule has 1 heterocycles. The van der Waals surface area contributed by atoms with E-state index in [-0.39, 0.29) is 41.7 Å². The van der Waals surface area contributed by atoms with Crippen molar-refractivity contribution in [1.82, 2.24) is 9.21 Å². The summed E-state index contributed by atoms with van der Waals surface area (Å²) >= 11 is 0.